The van der Waals surface area contributed by atoms with E-state index in [-0.39, 0.29) is 0 Å². The first-order valence-electron chi connectivity index (χ1n) is 18.3. The monoisotopic (exact) mass is 708 g/mol. The summed E-state index contributed by atoms with van der Waals surface area (Å²) < 4.78 is 25.3. The van der Waals surface area contributed by atoms with Crippen LogP contribution in [0, 0.1) is 0 Å². The normalized spacial score (nSPS) is 12.0. The predicted molar refractivity (Wildman–Crippen MR) is 221 cm³/mol. The summed E-state index contributed by atoms with van der Waals surface area (Å²) in [4.78, 5) is 7.08. The second-order valence-electron chi connectivity index (χ2n) is 13.9. The molecule has 55 heavy (non-hydrogen) atoms. The number of nitrogens with zero attached hydrogens (tertiary/aromatic N) is 2. The van der Waals surface area contributed by atoms with E-state index in [4.69, 9.17) is 22.7 Å². The van der Waals surface area contributed by atoms with Crippen molar-refractivity contribution in [2.24, 2.45) is 0 Å². The van der Waals surface area contributed by atoms with Gasteiger partial charge in [-0.05, 0) is 78.4 Å². The second kappa shape index (κ2) is 11.5. The minimum Gasteiger partial charge on any atom is -0.456 e. The largest absolute Gasteiger partial charge is 0.456 e. The molecule has 0 amide bonds. The molecule has 0 radical (unpaired) electrons. The first-order chi connectivity index (χ1) is 27.2. The van der Waals surface area contributed by atoms with Crippen LogP contribution >= 0.6 is 0 Å². The van der Waals surface area contributed by atoms with Gasteiger partial charge in [-0.2, -0.15) is 0 Å². The molecule has 0 aliphatic rings. The Balaban J connectivity index is 0.978. The fourth-order valence-electron chi connectivity index (χ4n) is 8.09. The molecule has 0 unspecified atom stereocenters. The Morgan fingerprint density at radius 3 is 1.80 bits per heavy atom. The summed E-state index contributed by atoms with van der Waals surface area (Å²) in [5, 5.41) is 6.38. The molecule has 0 aliphatic carbocycles. The third kappa shape index (κ3) is 4.65. The molecule has 0 saturated carbocycles. The van der Waals surface area contributed by atoms with Gasteiger partial charge < -0.3 is 22.6 Å². The summed E-state index contributed by atoms with van der Waals surface area (Å²) in [6.45, 7) is 0. The van der Waals surface area contributed by atoms with Crippen molar-refractivity contribution in [3.05, 3.63) is 170 Å². The highest BCUT2D eigenvalue weighted by molar-refractivity contribution is 6.13. The van der Waals surface area contributed by atoms with Gasteiger partial charge in [0.05, 0.1) is 0 Å². The van der Waals surface area contributed by atoms with E-state index in [0.29, 0.717) is 11.5 Å². The smallest absolute Gasteiger partial charge is 0.227 e. The van der Waals surface area contributed by atoms with Gasteiger partial charge >= 0.3 is 0 Å². The second-order valence-corrected chi connectivity index (χ2v) is 13.9. The number of furan rings is 3. The van der Waals surface area contributed by atoms with E-state index in [1.807, 2.05) is 66.7 Å². The van der Waals surface area contributed by atoms with Crippen LogP contribution in [0.3, 0.4) is 0 Å². The lowest BCUT2D eigenvalue weighted by Crippen LogP contribution is -2.09. The summed E-state index contributed by atoms with van der Waals surface area (Å²) in [6, 6.07) is 58.1. The number of para-hydroxylation sites is 3. The van der Waals surface area contributed by atoms with Crippen LogP contribution < -0.4 is 4.90 Å². The molecular formula is C49H28N2O4. The van der Waals surface area contributed by atoms with Crippen molar-refractivity contribution in [1.29, 1.82) is 0 Å². The van der Waals surface area contributed by atoms with E-state index in [1.54, 1.807) is 0 Å². The van der Waals surface area contributed by atoms with E-state index < -0.39 is 0 Å². The Hall–Kier alpha value is -7.57. The van der Waals surface area contributed by atoms with Crippen molar-refractivity contribution in [1.82, 2.24) is 4.98 Å². The molecule has 0 spiro atoms. The number of hydrogen-bond acceptors (Lipinski definition) is 6. The molecule has 6 nitrogen and oxygen atoms in total. The van der Waals surface area contributed by atoms with Crippen LogP contribution in [-0.2, 0) is 0 Å². The van der Waals surface area contributed by atoms with Crippen LogP contribution in [-0.4, -0.2) is 4.98 Å². The van der Waals surface area contributed by atoms with Gasteiger partial charge in [0.25, 0.3) is 0 Å². The van der Waals surface area contributed by atoms with Gasteiger partial charge in [0.2, 0.25) is 5.89 Å². The van der Waals surface area contributed by atoms with Gasteiger partial charge in [-0.1, -0.05) is 84.9 Å². The lowest BCUT2D eigenvalue weighted by molar-refractivity contribution is 0.617. The van der Waals surface area contributed by atoms with Crippen molar-refractivity contribution in [3.8, 4) is 22.6 Å². The Labute approximate surface area is 313 Å². The van der Waals surface area contributed by atoms with Crippen LogP contribution in [0.1, 0.15) is 0 Å². The van der Waals surface area contributed by atoms with Gasteiger partial charge in [-0.25, -0.2) is 4.98 Å². The Morgan fingerprint density at radius 1 is 0.345 bits per heavy atom. The predicted octanol–water partition coefficient (Wildman–Crippen LogP) is 14.3. The number of fused-ring (bicyclic) bond motifs is 10. The van der Waals surface area contributed by atoms with Gasteiger partial charge in [0, 0.05) is 72.6 Å². The maximum atomic E-state index is 6.59. The molecule has 8 aromatic carbocycles. The molecule has 4 heterocycles. The SMILES string of the molecule is c1ccc(-c2nc3cc4c(cc3o2)oc2c(-c3ccc(N(c5ccc6c(c5)oc5ccccc56)c5ccc6oc7ccccc7c6c5)cc3)cccc24)cc1. The van der Waals surface area contributed by atoms with Crippen molar-refractivity contribution < 1.29 is 17.7 Å². The molecule has 0 N–H and O–H groups in total. The highest BCUT2D eigenvalue weighted by atomic mass is 16.4. The molecule has 12 aromatic rings. The maximum absolute atomic E-state index is 6.59. The van der Waals surface area contributed by atoms with E-state index in [0.717, 1.165) is 105 Å². The molecule has 0 aliphatic heterocycles. The average Bonchev–Trinajstić information content (AvgIpc) is 4.01. The topological polar surface area (TPSA) is 68.7 Å². The number of hydrogen-bond donors (Lipinski definition) is 0. The maximum Gasteiger partial charge on any atom is 0.227 e. The summed E-state index contributed by atoms with van der Waals surface area (Å²) in [5.74, 6) is 0.595. The molecular weight excluding hydrogens is 681 g/mol. The molecule has 12 rings (SSSR count). The fourth-order valence-corrected chi connectivity index (χ4v) is 8.09. The summed E-state index contributed by atoms with van der Waals surface area (Å²) in [7, 11) is 0. The van der Waals surface area contributed by atoms with Crippen LogP contribution in [0.25, 0.3) is 99.5 Å². The standard InChI is InChI=1S/C49H28N2O4/c1-2-9-30(10-3-1)49-50-41-27-40-38-14-8-13-34(48(38)54-46(40)28-47(41)55-49)29-17-19-31(20-18-29)51(32-22-24-44-39(25-32)36-12-5-7-16-43(36)52-44)33-21-23-37-35-11-4-6-15-42(35)53-45(37)26-33/h1-28H. The van der Waals surface area contributed by atoms with Crippen molar-refractivity contribution in [2.45, 2.75) is 0 Å². The number of rotatable bonds is 5. The fraction of sp³-hybridized carbons (Fsp3) is 0. The highest BCUT2D eigenvalue weighted by Crippen LogP contribution is 2.43. The lowest BCUT2D eigenvalue weighted by atomic mass is 10.0. The number of oxazole rings is 1. The lowest BCUT2D eigenvalue weighted by Gasteiger charge is -2.25. The molecule has 0 saturated heterocycles. The minimum atomic E-state index is 0.595. The zero-order valence-electron chi connectivity index (χ0n) is 29.2. The van der Waals surface area contributed by atoms with Gasteiger partial charge in [-0.15, -0.1) is 0 Å². The average molecular weight is 709 g/mol. The van der Waals surface area contributed by atoms with Crippen molar-refractivity contribution >= 4 is 94.0 Å². The molecule has 0 fully saturated rings. The van der Waals surface area contributed by atoms with Crippen LogP contribution in [0.15, 0.2) is 188 Å². The Morgan fingerprint density at radius 2 is 0.964 bits per heavy atom. The van der Waals surface area contributed by atoms with Crippen molar-refractivity contribution in [2.75, 3.05) is 4.90 Å². The third-order valence-corrected chi connectivity index (χ3v) is 10.7. The van der Waals surface area contributed by atoms with E-state index in [1.165, 1.54) is 0 Å². The molecule has 0 atom stereocenters. The van der Waals surface area contributed by atoms with Gasteiger partial charge in [-0.3, -0.25) is 0 Å². The zero-order chi connectivity index (χ0) is 36.0. The van der Waals surface area contributed by atoms with Crippen molar-refractivity contribution in [3.63, 3.8) is 0 Å². The molecule has 6 heteroatoms. The third-order valence-electron chi connectivity index (χ3n) is 10.7. The van der Waals surface area contributed by atoms with E-state index in [2.05, 4.69) is 108 Å². The molecule has 258 valence electrons. The first-order valence-corrected chi connectivity index (χ1v) is 18.3. The Kier molecular flexibility index (Phi) is 6.24. The van der Waals surface area contributed by atoms with Gasteiger partial charge in [0.1, 0.15) is 39.0 Å². The highest BCUT2D eigenvalue weighted by Gasteiger charge is 2.20. The Bertz CT molecular complexity index is 3440. The zero-order valence-corrected chi connectivity index (χ0v) is 29.2. The molecule has 0 bridgehead atoms. The number of benzene rings is 8. The summed E-state index contributed by atoms with van der Waals surface area (Å²) >= 11 is 0. The van der Waals surface area contributed by atoms with E-state index >= 15 is 0 Å². The number of anilines is 3. The first kappa shape index (κ1) is 29.9. The van der Waals surface area contributed by atoms with Gasteiger partial charge in [0.15, 0.2) is 5.58 Å². The molecule has 4 aromatic heterocycles. The summed E-state index contributed by atoms with van der Waals surface area (Å²) in [5.41, 5.74) is 12.5. The minimum absolute atomic E-state index is 0.595. The number of aromatic nitrogens is 1. The quantitative estimate of drug-likeness (QED) is 0.177. The van der Waals surface area contributed by atoms with E-state index in [9.17, 15) is 0 Å². The summed E-state index contributed by atoms with van der Waals surface area (Å²) in [6.07, 6.45) is 0. The van der Waals surface area contributed by atoms with Crippen LogP contribution in [0.4, 0.5) is 17.1 Å². The van der Waals surface area contributed by atoms with Crippen LogP contribution in [0.2, 0.25) is 0 Å². The van der Waals surface area contributed by atoms with Crippen LogP contribution in [0.5, 0.6) is 0 Å².